The predicted octanol–water partition coefficient (Wildman–Crippen LogP) is 3.78. The third kappa shape index (κ3) is 9.12. The second-order valence-electron chi connectivity index (χ2n) is 9.13. The number of alkyl halides is 3. The van der Waals surface area contributed by atoms with Gasteiger partial charge in [0.2, 0.25) is 0 Å². The number of aromatic nitrogens is 1. The monoisotopic (exact) mass is 520 g/mol. The van der Waals surface area contributed by atoms with Gasteiger partial charge in [0.15, 0.2) is 17.2 Å². The quantitative estimate of drug-likeness (QED) is 0.354. The van der Waals surface area contributed by atoms with Crippen LogP contribution in [0.3, 0.4) is 0 Å². The summed E-state index contributed by atoms with van der Waals surface area (Å²) in [6.07, 6.45) is -5.26. The highest BCUT2D eigenvalue weighted by atomic mass is 19.4. The zero-order valence-electron chi connectivity index (χ0n) is 21.0. The number of hydrogen-bond donors (Lipinski definition) is 2. The normalized spacial score (nSPS) is 23.4. The summed E-state index contributed by atoms with van der Waals surface area (Å²) in [4.78, 5) is 29.5. The first-order chi connectivity index (χ1) is 16.9. The Morgan fingerprint density at radius 3 is 2.67 bits per heavy atom. The number of carbonyl (C=O) groups excluding carboxylic acids is 2. The number of carbonyl (C=O) groups is 2. The Bertz CT molecular complexity index is 867. The molecular formula is C24H35F3N2O7. The van der Waals surface area contributed by atoms with Gasteiger partial charge in [-0.2, -0.15) is 13.2 Å². The molecule has 0 aliphatic carbocycles. The Balaban J connectivity index is 2.13. The van der Waals surface area contributed by atoms with Crippen LogP contribution in [-0.2, 0) is 19.0 Å². The lowest BCUT2D eigenvalue weighted by atomic mass is 10.0. The topological polar surface area (TPSA) is 116 Å². The van der Waals surface area contributed by atoms with E-state index in [0.717, 1.165) is 0 Å². The lowest BCUT2D eigenvalue weighted by Crippen LogP contribution is -2.46. The Morgan fingerprint density at radius 2 is 2.03 bits per heavy atom. The minimum atomic E-state index is -4.29. The molecule has 1 aliphatic rings. The van der Waals surface area contributed by atoms with E-state index in [1.54, 1.807) is 6.92 Å². The van der Waals surface area contributed by atoms with Crippen molar-refractivity contribution in [1.29, 1.82) is 0 Å². The van der Waals surface area contributed by atoms with E-state index in [9.17, 15) is 27.9 Å². The molecule has 12 heteroatoms. The van der Waals surface area contributed by atoms with Crippen molar-refractivity contribution >= 4 is 11.9 Å². The first-order valence-electron chi connectivity index (χ1n) is 12.0. The van der Waals surface area contributed by atoms with Crippen molar-refractivity contribution in [3.63, 3.8) is 0 Å². The maximum Gasteiger partial charge on any atom is 0.389 e. The van der Waals surface area contributed by atoms with Gasteiger partial charge in [-0.25, -0.2) is 9.78 Å². The van der Waals surface area contributed by atoms with E-state index in [1.165, 1.54) is 19.4 Å². The Kier molecular flexibility index (Phi) is 11.2. The van der Waals surface area contributed by atoms with Gasteiger partial charge in [-0.15, -0.1) is 0 Å². The van der Waals surface area contributed by atoms with Crippen molar-refractivity contribution in [2.45, 2.75) is 83.4 Å². The first kappa shape index (κ1) is 29.6. The van der Waals surface area contributed by atoms with E-state index in [0.29, 0.717) is 19.4 Å². The number of pyridine rings is 1. The highest BCUT2D eigenvalue weighted by molar-refractivity contribution is 5.97. The third-order valence-electron chi connectivity index (χ3n) is 5.58. The largest absolute Gasteiger partial charge is 0.503 e. The van der Waals surface area contributed by atoms with Crippen LogP contribution in [0, 0.1) is 5.92 Å². The van der Waals surface area contributed by atoms with Gasteiger partial charge in [0.1, 0.15) is 18.2 Å². The summed E-state index contributed by atoms with van der Waals surface area (Å²) < 4.78 is 59.9. The average molecular weight is 521 g/mol. The number of esters is 1. The number of halogens is 3. The number of aromatic hydroxyl groups is 1. The summed E-state index contributed by atoms with van der Waals surface area (Å²) in [5, 5.41) is 12.7. The molecule has 1 saturated heterocycles. The molecule has 1 fully saturated rings. The van der Waals surface area contributed by atoms with Gasteiger partial charge in [-0.1, -0.05) is 13.8 Å². The Hall–Kier alpha value is -2.60. The number of methoxy groups -OCH3 is 1. The summed E-state index contributed by atoms with van der Waals surface area (Å²) in [6, 6.07) is 0.343. The fraction of sp³-hybridized carbons (Fsp3) is 0.708. The van der Waals surface area contributed by atoms with E-state index in [1.807, 2.05) is 13.8 Å². The standard InChI is InChI=1S/C24H35F3N2O7/c1-14(2)13-35-18-8-5-7-16(29-22(31)19-20(30)17(33-4)9-11-28-19)23(32)36-15(3)21(18)34-12-6-10-24(25,26)27/h9,11,14-16,18,21,30H,5-8,10,12-13H2,1-4H3,(H,29,31). The van der Waals surface area contributed by atoms with Crippen molar-refractivity contribution < 1.29 is 46.8 Å². The van der Waals surface area contributed by atoms with E-state index in [4.69, 9.17) is 18.9 Å². The van der Waals surface area contributed by atoms with Crippen molar-refractivity contribution in [3.8, 4) is 11.5 Å². The zero-order chi connectivity index (χ0) is 26.9. The molecule has 0 aromatic carbocycles. The molecule has 0 saturated carbocycles. The van der Waals surface area contributed by atoms with Crippen molar-refractivity contribution in [3.05, 3.63) is 18.0 Å². The highest BCUT2D eigenvalue weighted by Gasteiger charge is 2.36. The molecule has 2 heterocycles. The molecule has 4 unspecified atom stereocenters. The molecule has 0 spiro atoms. The lowest BCUT2D eigenvalue weighted by Gasteiger charge is -2.31. The maximum atomic E-state index is 12.9. The molecule has 0 radical (unpaired) electrons. The highest BCUT2D eigenvalue weighted by Crippen LogP contribution is 2.28. The lowest BCUT2D eigenvalue weighted by molar-refractivity contribution is -0.170. The Morgan fingerprint density at radius 1 is 1.31 bits per heavy atom. The molecule has 1 aromatic heterocycles. The molecule has 9 nitrogen and oxygen atoms in total. The van der Waals surface area contributed by atoms with Crippen molar-refractivity contribution in [2.75, 3.05) is 20.3 Å². The van der Waals surface area contributed by atoms with Gasteiger partial charge in [0.05, 0.1) is 13.2 Å². The minimum absolute atomic E-state index is 0.0523. The van der Waals surface area contributed by atoms with E-state index >= 15 is 0 Å². The molecule has 204 valence electrons. The number of hydrogen-bond acceptors (Lipinski definition) is 8. The molecule has 1 amide bonds. The van der Waals surface area contributed by atoms with Crippen LogP contribution < -0.4 is 10.1 Å². The minimum Gasteiger partial charge on any atom is -0.503 e. The van der Waals surface area contributed by atoms with E-state index in [2.05, 4.69) is 10.3 Å². The van der Waals surface area contributed by atoms with Gasteiger partial charge >= 0.3 is 12.1 Å². The van der Waals surface area contributed by atoms with Gasteiger partial charge in [0, 0.05) is 31.9 Å². The number of nitrogens with one attached hydrogen (secondary N) is 1. The van der Waals surface area contributed by atoms with Crippen LogP contribution in [-0.4, -0.2) is 72.8 Å². The third-order valence-corrected chi connectivity index (χ3v) is 5.58. The van der Waals surface area contributed by atoms with Gasteiger partial charge in [-0.05, 0) is 38.5 Å². The van der Waals surface area contributed by atoms with Crippen LogP contribution in [0.5, 0.6) is 11.5 Å². The summed E-state index contributed by atoms with van der Waals surface area (Å²) in [5.74, 6) is -1.72. The average Bonchev–Trinajstić information content (AvgIpc) is 2.84. The summed E-state index contributed by atoms with van der Waals surface area (Å²) in [5.41, 5.74) is -0.306. The maximum absolute atomic E-state index is 12.9. The van der Waals surface area contributed by atoms with Crippen molar-refractivity contribution in [2.24, 2.45) is 5.92 Å². The summed E-state index contributed by atoms with van der Waals surface area (Å²) >= 11 is 0. The van der Waals surface area contributed by atoms with Crippen LogP contribution >= 0.6 is 0 Å². The molecule has 1 aliphatic heterocycles. The van der Waals surface area contributed by atoms with Crippen LogP contribution in [0.15, 0.2) is 12.3 Å². The van der Waals surface area contributed by atoms with Gasteiger partial charge < -0.3 is 29.4 Å². The van der Waals surface area contributed by atoms with Gasteiger partial charge in [0.25, 0.3) is 5.91 Å². The fourth-order valence-electron chi connectivity index (χ4n) is 3.79. The van der Waals surface area contributed by atoms with Crippen LogP contribution in [0.4, 0.5) is 13.2 Å². The van der Waals surface area contributed by atoms with Crippen molar-refractivity contribution in [1.82, 2.24) is 10.3 Å². The van der Waals surface area contributed by atoms with E-state index in [-0.39, 0.29) is 36.8 Å². The SMILES string of the molecule is COc1ccnc(C(=O)NC2CCCC(OCC(C)C)C(OCCCC(F)(F)F)C(C)OC2=O)c1O. The molecule has 2 N–H and O–H groups in total. The molecular weight excluding hydrogens is 485 g/mol. The first-order valence-corrected chi connectivity index (χ1v) is 12.0. The number of rotatable bonds is 10. The van der Waals surface area contributed by atoms with Crippen LogP contribution in [0.25, 0.3) is 0 Å². The molecule has 1 aromatic rings. The fourth-order valence-corrected chi connectivity index (χ4v) is 3.79. The summed E-state index contributed by atoms with van der Waals surface area (Å²) in [7, 11) is 1.33. The zero-order valence-corrected chi connectivity index (χ0v) is 21.0. The predicted molar refractivity (Wildman–Crippen MR) is 123 cm³/mol. The van der Waals surface area contributed by atoms with Gasteiger partial charge in [-0.3, -0.25) is 4.79 Å². The van der Waals surface area contributed by atoms with Crippen LogP contribution in [0.1, 0.15) is 63.4 Å². The molecule has 0 bridgehead atoms. The number of nitrogens with zero attached hydrogens (tertiary/aromatic N) is 1. The second kappa shape index (κ2) is 13.6. The number of ether oxygens (including phenoxy) is 4. The molecule has 36 heavy (non-hydrogen) atoms. The smallest absolute Gasteiger partial charge is 0.389 e. The number of amides is 1. The second-order valence-corrected chi connectivity index (χ2v) is 9.13. The molecule has 4 atom stereocenters. The summed E-state index contributed by atoms with van der Waals surface area (Å²) in [6.45, 7) is 5.73. The van der Waals surface area contributed by atoms with E-state index < -0.39 is 54.6 Å². The van der Waals surface area contributed by atoms with Crippen LogP contribution in [0.2, 0.25) is 0 Å². The Labute approximate surface area is 208 Å². The molecule has 2 rings (SSSR count). The number of cyclic esters (lactones) is 1.